The molecule has 0 radical (unpaired) electrons. The first-order valence-corrected chi connectivity index (χ1v) is 10.5. The highest BCUT2D eigenvalue weighted by Gasteiger charge is 2.12. The van der Waals surface area contributed by atoms with Crippen LogP contribution in [0.3, 0.4) is 0 Å². The first-order chi connectivity index (χ1) is 14.5. The van der Waals surface area contributed by atoms with Crippen molar-refractivity contribution in [3.05, 3.63) is 87.5 Å². The summed E-state index contributed by atoms with van der Waals surface area (Å²) in [5, 5.41) is 22.3. The van der Waals surface area contributed by atoms with E-state index in [-0.39, 0.29) is 11.2 Å². The van der Waals surface area contributed by atoms with Gasteiger partial charge in [0.05, 0.1) is 16.1 Å². The largest absolute Gasteiger partial charge is 0.506 e. The summed E-state index contributed by atoms with van der Waals surface area (Å²) < 4.78 is 1.69. The second kappa shape index (κ2) is 7.20. The van der Waals surface area contributed by atoms with Crippen molar-refractivity contribution in [2.24, 2.45) is 10.2 Å². The van der Waals surface area contributed by atoms with Crippen LogP contribution in [-0.2, 0) is 0 Å². The molecule has 0 fully saturated rings. The topological polar surface area (TPSA) is 62.0 Å². The minimum Gasteiger partial charge on any atom is -0.506 e. The third-order valence-corrected chi connectivity index (χ3v) is 6.70. The van der Waals surface area contributed by atoms with Crippen LogP contribution in [0.2, 0.25) is 5.02 Å². The number of aromatic hydroxyl groups is 1. The van der Waals surface area contributed by atoms with Gasteiger partial charge in [-0.2, -0.15) is 5.11 Å². The molecule has 4 aromatic carbocycles. The van der Waals surface area contributed by atoms with Crippen LogP contribution in [0.5, 0.6) is 5.75 Å². The molecule has 0 aliphatic carbocycles. The van der Waals surface area contributed by atoms with Crippen molar-refractivity contribution in [1.29, 1.82) is 0 Å². The molecular weight excluding hydrogens is 416 g/mol. The molecule has 146 valence electrons. The maximum atomic E-state index is 13.0. The van der Waals surface area contributed by atoms with Crippen molar-refractivity contribution >= 4 is 65.3 Å². The van der Waals surface area contributed by atoms with Crippen molar-refractivity contribution in [3.8, 4) is 5.75 Å². The molecule has 1 aromatic heterocycles. The zero-order valence-electron chi connectivity index (χ0n) is 15.9. The molecule has 0 saturated heterocycles. The van der Waals surface area contributed by atoms with E-state index in [1.165, 1.54) is 11.3 Å². The molecule has 5 aromatic rings. The maximum absolute atomic E-state index is 13.0. The number of azo groups is 1. The summed E-state index contributed by atoms with van der Waals surface area (Å²) in [4.78, 5) is 13.0. The summed E-state index contributed by atoms with van der Waals surface area (Å²) in [5.74, 6) is 0.0687. The van der Waals surface area contributed by atoms with Crippen LogP contribution in [0.4, 0.5) is 11.4 Å². The number of aryl methyl sites for hydroxylation is 1. The number of phenolic OH excluding ortho intramolecular Hbond substituents is 1. The molecule has 0 atom stereocenters. The number of hydrogen-bond donors (Lipinski definition) is 1. The molecule has 0 aliphatic heterocycles. The van der Waals surface area contributed by atoms with Crippen LogP contribution < -0.4 is 5.43 Å². The van der Waals surface area contributed by atoms with Crippen LogP contribution in [-0.4, -0.2) is 5.11 Å². The van der Waals surface area contributed by atoms with Gasteiger partial charge in [0.1, 0.15) is 11.4 Å². The van der Waals surface area contributed by atoms with Gasteiger partial charge in [0.25, 0.3) is 0 Å². The smallest absolute Gasteiger partial charge is 0.197 e. The Morgan fingerprint density at radius 2 is 1.77 bits per heavy atom. The van der Waals surface area contributed by atoms with Gasteiger partial charge in [0.15, 0.2) is 5.43 Å². The van der Waals surface area contributed by atoms with Gasteiger partial charge < -0.3 is 5.11 Å². The van der Waals surface area contributed by atoms with Crippen molar-refractivity contribution in [2.45, 2.75) is 6.92 Å². The minimum absolute atomic E-state index is 0.0687. The van der Waals surface area contributed by atoms with Gasteiger partial charge in [-0.3, -0.25) is 4.79 Å². The fourth-order valence-corrected chi connectivity index (χ4v) is 5.06. The summed E-state index contributed by atoms with van der Waals surface area (Å²) in [6, 6.07) is 20.2. The molecule has 4 nitrogen and oxygen atoms in total. The standard InChI is InChI=1S/C24H15ClN2O2S/c1-13-6-10-18(25)21-23(29)17-9-8-15(12-20(17)30-24(13)21)26-27-22-16-5-3-2-4-14(16)7-11-19(22)28/h2-12,28H,1H3. The van der Waals surface area contributed by atoms with Crippen molar-refractivity contribution in [3.63, 3.8) is 0 Å². The highest BCUT2D eigenvalue weighted by molar-refractivity contribution is 7.24. The van der Waals surface area contributed by atoms with E-state index in [0.29, 0.717) is 27.2 Å². The van der Waals surface area contributed by atoms with Crippen LogP contribution in [0.25, 0.3) is 30.9 Å². The Kier molecular flexibility index (Phi) is 4.50. The highest BCUT2D eigenvalue weighted by atomic mass is 35.5. The third-order valence-electron chi connectivity index (χ3n) is 5.10. The molecule has 0 bridgehead atoms. The number of benzene rings is 4. The molecule has 0 unspecified atom stereocenters. The molecule has 1 N–H and O–H groups in total. The van der Waals surface area contributed by atoms with Gasteiger partial charge >= 0.3 is 0 Å². The van der Waals surface area contributed by atoms with Crippen LogP contribution in [0.15, 0.2) is 81.8 Å². The lowest BCUT2D eigenvalue weighted by Gasteiger charge is -2.06. The lowest BCUT2D eigenvalue weighted by atomic mass is 10.1. The average Bonchev–Trinajstić information content (AvgIpc) is 2.75. The van der Waals surface area contributed by atoms with E-state index in [1.807, 2.05) is 49.4 Å². The first kappa shape index (κ1) is 18.7. The van der Waals surface area contributed by atoms with E-state index in [4.69, 9.17) is 11.6 Å². The summed E-state index contributed by atoms with van der Waals surface area (Å²) in [6.45, 7) is 1.97. The van der Waals surface area contributed by atoms with Crippen molar-refractivity contribution < 1.29 is 5.11 Å². The monoisotopic (exact) mass is 430 g/mol. The maximum Gasteiger partial charge on any atom is 0.197 e. The zero-order chi connectivity index (χ0) is 20.8. The molecule has 5 rings (SSSR count). The van der Waals surface area contributed by atoms with Crippen LogP contribution in [0, 0.1) is 6.92 Å². The predicted octanol–water partition coefficient (Wildman–Crippen LogP) is 7.65. The Bertz CT molecular complexity index is 1560. The van der Waals surface area contributed by atoms with E-state index in [0.717, 1.165) is 25.7 Å². The molecule has 0 aliphatic rings. The van der Waals surface area contributed by atoms with Crippen molar-refractivity contribution in [1.82, 2.24) is 0 Å². The molecule has 30 heavy (non-hydrogen) atoms. The summed E-state index contributed by atoms with van der Waals surface area (Å²) >= 11 is 7.81. The fraction of sp³-hybridized carbons (Fsp3) is 0.0417. The summed E-state index contributed by atoms with van der Waals surface area (Å²) in [6.07, 6.45) is 0. The Labute approximate surface area is 180 Å². The lowest BCUT2D eigenvalue weighted by molar-refractivity contribution is 0.477. The second-order valence-electron chi connectivity index (χ2n) is 7.03. The Hall–Kier alpha value is -3.28. The van der Waals surface area contributed by atoms with E-state index >= 15 is 0 Å². The van der Waals surface area contributed by atoms with Gasteiger partial charge in [-0.1, -0.05) is 48.0 Å². The fourth-order valence-electron chi connectivity index (χ4n) is 3.55. The van der Waals surface area contributed by atoms with E-state index in [1.54, 1.807) is 24.3 Å². The number of nitrogens with zero attached hydrogens (tertiary/aromatic N) is 2. The van der Waals surface area contributed by atoms with E-state index < -0.39 is 0 Å². The minimum atomic E-state index is -0.0809. The Morgan fingerprint density at radius 3 is 2.63 bits per heavy atom. The highest BCUT2D eigenvalue weighted by Crippen LogP contribution is 2.37. The Morgan fingerprint density at radius 1 is 0.933 bits per heavy atom. The summed E-state index contributed by atoms with van der Waals surface area (Å²) in [5.41, 5.74) is 1.95. The lowest BCUT2D eigenvalue weighted by Crippen LogP contribution is -2.02. The number of hydrogen-bond acceptors (Lipinski definition) is 5. The van der Waals surface area contributed by atoms with E-state index in [2.05, 4.69) is 10.2 Å². The molecule has 1 heterocycles. The number of halogens is 1. The van der Waals surface area contributed by atoms with Gasteiger partial charge in [0, 0.05) is 20.2 Å². The Balaban J connectivity index is 1.66. The van der Waals surface area contributed by atoms with Gasteiger partial charge in [-0.05, 0) is 48.2 Å². The second-order valence-corrected chi connectivity index (χ2v) is 8.49. The molecular formula is C24H15ClN2O2S. The van der Waals surface area contributed by atoms with E-state index in [9.17, 15) is 9.90 Å². The van der Waals surface area contributed by atoms with Crippen LogP contribution >= 0.6 is 22.9 Å². The quantitative estimate of drug-likeness (QED) is 0.231. The number of fused-ring (bicyclic) bond motifs is 3. The third kappa shape index (κ3) is 3.03. The molecule has 0 amide bonds. The molecule has 6 heteroatoms. The van der Waals surface area contributed by atoms with Crippen molar-refractivity contribution in [2.75, 3.05) is 0 Å². The SMILES string of the molecule is Cc1ccc(Cl)c2c(=O)c3ccc(N=Nc4c(O)ccc5ccccc45)cc3sc12. The number of phenols is 1. The first-order valence-electron chi connectivity index (χ1n) is 9.31. The normalized spacial score (nSPS) is 11.8. The van der Waals surface area contributed by atoms with Crippen LogP contribution in [0.1, 0.15) is 5.56 Å². The molecule has 0 saturated carbocycles. The molecule has 0 spiro atoms. The summed E-state index contributed by atoms with van der Waals surface area (Å²) in [7, 11) is 0. The number of rotatable bonds is 2. The van der Waals surface area contributed by atoms with Gasteiger partial charge in [0.2, 0.25) is 0 Å². The zero-order valence-corrected chi connectivity index (χ0v) is 17.5. The average molecular weight is 431 g/mol. The predicted molar refractivity (Wildman–Crippen MR) is 125 cm³/mol. The van der Waals surface area contributed by atoms with Gasteiger partial charge in [-0.15, -0.1) is 16.5 Å². The van der Waals surface area contributed by atoms with Gasteiger partial charge in [-0.25, -0.2) is 0 Å².